The third-order valence-corrected chi connectivity index (χ3v) is 3.28. The number of hydrogen-bond acceptors (Lipinski definition) is 3. The summed E-state index contributed by atoms with van der Waals surface area (Å²) in [4.78, 5) is 22.8. The van der Waals surface area contributed by atoms with Crippen molar-refractivity contribution >= 4 is 17.6 Å². The molecule has 2 atom stereocenters. The van der Waals surface area contributed by atoms with Crippen molar-refractivity contribution in [3.05, 3.63) is 29.3 Å². The van der Waals surface area contributed by atoms with Crippen LogP contribution in [0.15, 0.2) is 18.2 Å². The molecule has 0 spiro atoms. The molecular formula is C14H20N2O3. The first kappa shape index (κ1) is 15.2. The number of nitrogens with two attached hydrogens (primary N) is 1. The molecule has 0 saturated carbocycles. The first-order valence-electron chi connectivity index (χ1n) is 6.27. The summed E-state index contributed by atoms with van der Waals surface area (Å²) in [5.74, 6) is -1.14. The normalized spacial score (nSPS) is 13.7. The fraction of sp³-hybridized carbons (Fsp3) is 0.429. The maximum Gasteiger partial charge on any atom is 0.335 e. The summed E-state index contributed by atoms with van der Waals surface area (Å²) in [5.41, 5.74) is 7.22. The van der Waals surface area contributed by atoms with E-state index >= 15 is 0 Å². The van der Waals surface area contributed by atoms with Crippen molar-refractivity contribution in [3.8, 4) is 0 Å². The van der Waals surface area contributed by atoms with E-state index in [0.29, 0.717) is 11.3 Å². The predicted octanol–water partition coefficient (Wildman–Crippen LogP) is 2.01. The molecule has 1 aromatic carbocycles. The van der Waals surface area contributed by atoms with Crippen LogP contribution in [0.3, 0.4) is 0 Å². The Morgan fingerprint density at radius 1 is 1.42 bits per heavy atom. The Kier molecular flexibility index (Phi) is 5.06. The zero-order chi connectivity index (χ0) is 14.6. The molecule has 0 unspecified atom stereocenters. The second-order valence-corrected chi connectivity index (χ2v) is 4.74. The van der Waals surface area contributed by atoms with Crippen LogP contribution in [0.4, 0.5) is 5.69 Å². The van der Waals surface area contributed by atoms with Gasteiger partial charge in [-0.05, 0) is 36.6 Å². The van der Waals surface area contributed by atoms with Gasteiger partial charge in [-0.15, -0.1) is 0 Å². The minimum atomic E-state index is -0.980. The SMILES string of the molecule is CC[C@H](C)[C@H](N)C(=O)Nc1ccc(C(=O)O)c(C)c1. The molecule has 0 radical (unpaired) electrons. The number of carbonyl (C=O) groups excluding carboxylic acids is 1. The van der Waals surface area contributed by atoms with Crippen LogP contribution in [0.25, 0.3) is 0 Å². The smallest absolute Gasteiger partial charge is 0.335 e. The molecule has 5 nitrogen and oxygen atoms in total. The van der Waals surface area contributed by atoms with Crippen LogP contribution in [0.1, 0.15) is 36.2 Å². The first-order chi connectivity index (χ1) is 8.86. The number of aromatic carboxylic acids is 1. The average molecular weight is 264 g/mol. The summed E-state index contributed by atoms with van der Waals surface area (Å²) in [6.07, 6.45) is 0.825. The third-order valence-electron chi connectivity index (χ3n) is 3.28. The number of nitrogens with one attached hydrogen (secondary N) is 1. The second-order valence-electron chi connectivity index (χ2n) is 4.74. The summed E-state index contributed by atoms with van der Waals surface area (Å²) in [7, 11) is 0. The Bertz CT molecular complexity index is 486. The lowest BCUT2D eigenvalue weighted by molar-refractivity contribution is -0.118. The topological polar surface area (TPSA) is 92.4 Å². The van der Waals surface area contributed by atoms with E-state index in [2.05, 4.69) is 5.32 Å². The molecule has 0 aliphatic heterocycles. The highest BCUT2D eigenvalue weighted by molar-refractivity contribution is 5.96. The van der Waals surface area contributed by atoms with Gasteiger partial charge in [-0.25, -0.2) is 4.79 Å². The molecule has 1 amide bonds. The van der Waals surface area contributed by atoms with Gasteiger partial charge in [0.1, 0.15) is 0 Å². The number of carboxylic acid groups (broad SMARTS) is 1. The number of anilines is 1. The molecule has 5 heteroatoms. The van der Waals surface area contributed by atoms with Crippen LogP contribution in [0.2, 0.25) is 0 Å². The molecule has 0 bridgehead atoms. The van der Waals surface area contributed by atoms with Gasteiger partial charge < -0.3 is 16.2 Å². The number of carboxylic acids is 1. The number of carbonyl (C=O) groups is 2. The van der Waals surface area contributed by atoms with E-state index in [1.54, 1.807) is 19.1 Å². The Hall–Kier alpha value is -1.88. The summed E-state index contributed by atoms with van der Waals surface area (Å²) in [6.45, 7) is 5.58. The number of benzene rings is 1. The first-order valence-corrected chi connectivity index (χ1v) is 6.27. The molecule has 0 aliphatic carbocycles. The highest BCUT2D eigenvalue weighted by atomic mass is 16.4. The summed E-state index contributed by atoms with van der Waals surface area (Å²) >= 11 is 0. The van der Waals surface area contributed by atoms with Crippen LogP contribution < -0.4 is 11.1 Å². The Labute approximate surface area is 112 Å². The molecule has 0 saturated heterocycles. The van der Waals surface area contributed by atoms with E-state index < -0.39 is 12.0 Å². The highest BCUT2D eigenvalue weighted by Crippen LogP contribution is 2.16. The van der Waals surface area contributed by atoms with Crippen LogP contribution in [0, 0.1) is 12.8 Å². The number of amides is 1. The number of rotatable bonds is 5. The van der Waals surface area contributed by atoms with Gasteiger partial charge >= 0.3 is 5.97 Å². The maximum atomic E-state index is 11.9. The van der Waals surface area contributed by atoms with Gasteiger partial charge in [-0.2, -0.15) is 0 Å². The van der Waals surface area contributed by atoms with Crippen molar-refractivity contribution < 1.29 is 14.7 Å². The molecule has 104 valence electrons. The molecule has 0 fully saturated rings. The van der Waals surface area contributed by atoms with Crippen LogP contribution in [-0.4, -0.2) is 23.0 Å². The van der Waals surface area contributed by atoms with E-state index in [1.807, 2.05) is 13.8 Å². The molecule has 4 N–H and O–H groups in total. The molecule has 0 heterocycles. The Morgan fingerprint density at radius 2 is 2.05 bits per heavy atom. The minimum absolute atomic E-state index is 0.0967. The van der Waals surface area contributed by atoms with Gasteiger partial charge in [0.15, 0.2) is 0 Å². The van der Waals surface area contributed by atoms with E-state index in [4.69, 9.17) is 10.8 Å². The molecule has 19 heavy (non-hydrogen) atoms. The van der Waals surface area contributed by atoms with E-state index in [1.165, 1.54) is 6.07 Å². The standard InChI is InChI=1S/C14H20N2O3/c1-4-8(2)12(15)13(17)16-10-5-6-11(14(18)19)9(3)7-10/h5-8,12H,4,15H2,1-3H3,(H,16,17)(H,18,19)/t8-,12-/m0/s1. The Morgan fingerprint density at radius 3 is 2.53 bits per heavy atom. The summed E-state index contributed by atoms with van der Waals surface area (Å²) in [6, 6.07) is 4.11. The molecule has 1 aromatic rings. The monoisotopic (exact) mass is 264 g/mol. The van der Waals surface area contributed by atoms with Gasteiger partial charge in [0.25, 0.3) is 0 Å². The Balaban J connectivity index is 2.81. The predicted molar refractivity (Wildman–Crippen MR) is 74.2 cm³/mol. The fourth-order valence-electron chi connectivity index (χ4n) is 1.72. The van der Waals surface area contributed by atoms with Gasteiger partial charge in [-0.1, -0.05) is 20.3 Å². The zero-order valence-corrected chi connectivity index (χ0v) is 11.4. The average Bonchev–Trinajstić information content (AvgIpc) is 2.36. The van der Waals surface area contributed by atoms with Gasteiger partial charge in [-0.3, -0.25) is 4.79 Å². The van der Waals surface area contributed by atoms with Crippen molar-refractivity contribution in [2.75, 3.05) is 5.32 Å². The molecular weight excluding hydrogens is 244 g/mol. The lowest BCUT2D eigenvalue weighted by Gasteiger charge is -2.18. The van der Waals surface area contributed by atoms with Crippen LogP contribution >= 0.6 is 0 Å². The fourth-order valence-corrected chi connectivity index (χ4v) is 1.72. The lowest BCUT2D eigenvalue weighted by Crippen LogP contribution is -2.40. The van der Waals surface area contributed by atoms with E-state index in [-0.39, 0.29) is 17.4 Å². The third kappa shape index (κ3) is 3.79. The van der Waals surface area contributed by atoms with Crippen LogP contribution in [0.5, 0.6) is 0 Å². The zero-order valence-electron chi connectivity index (χ0n) is 11.4. The van der Waals surface area contributed by atoms with Gasteiger partial charge in [0, 0.05) is 5.69 Å². The van der Waals surface area contributed by atoms with Crippen molar-refractivity contribution in [1.29, 1.82) is 0 Å². The second kappa shape index (κ2) is 6.33. The molecule has 0 aromatic heterocycles. The molecule has 0 aliphatic rings. The van der Waals surface area contributed by atoms with Gasteiger partial charge in [0.05, 0.1) is 11.6 Å². The minimum Gasteiger partial charge on any atom is -0.478 e. The van der Waals surface area contributed by atoms with Crippen molar-refractivity contribution in [2.24, 2.45) is 11.7 Å². The van der Waals surface area contributed by atoms with Crippen molar-refractivity contribution in [2.45, 2.75) is 33.2 Å². The largest absolute Gasteiger partial charge is 0.478 e. The molecule has 1 rings (SSSR count). The lowest BCUT2D eigenvalue weighted by atomic mass is 9.99. The van der Waals surface area contributed by atoms with Crippen molar-refractivity contribution in [3.63, 3.8) is 0 Å². The van der Waals surface area contributed by atoms with E-state index in [0.717, 1.165) is 6.42 Å². The van der Waals surface area contributed by atoms with Crippen LogP contribution in [-0.2, 0) is 4.79 Å². The van der Waals surface area contributed by atoms with E-state index in [9.17, 15) is 9.59 Å². The number of hydrogen-bond donors (Lipinski definition) is 3. The number of aryl methyl sites for hydroxylation is 1. The highest BCUT2D eigenvalue weighted by Gasteiger charge is 2.19. The van der Waals surface area contributed by atoms with Crippen molar-refractivity contribution in [1.82, 2.24) is 0 Å². The maximum absolute atomic E-state index is 11.9. The summed E-state index contributed by atoms with van der Waals surface area (Å²) < 4.78 is 0. The summed E-state index contributed by atoms with van der Waals surface area (Å²) in [5, 5.41) is 11.6. The quantitative estimate of drug-likeness (QED) is 0.758. The van der Waals surface area contributed by atoms with Gasteiger partial charge in [0.2, 0.25) is 5.91 Å².